The van der Waals surface area contributed by atoms with Gasteiger partial charge in [0.2, 0.25) is 0 Å². The van der Waals surface area contributed by atoms with Crippen LogP contribution in [-0.4, -0.2) is 45.4 Å². The molecule has 5 nitrogen and oxygen atoms in total. The van der Waals surface area contributed by atoms with E-state index in [1.54, 1.807) is 0 Å². The Morgan fingerprint density at radius 3 is 2.48 bits per heavy atom. The summed E-state index contributed by atoms with van der Waals surface area (Å²) in [4.78, 5) is 14.0. The van der Waals surface area contributed by atoms with Gasteiger partial charge in [-0.25, -0.2) is 9.97 Å². The van der Waals surface area contributed by atoms with Crippen LogP contribution in [0.3, 0.4) is 0 Å². The normalized spacial score (nSPS) is 15.9. The summed E-state index contributed by atoms with van der Waals surface area (Å²) in [5.74, 6) is 0. The van der Waals surface area contributed by atoms with Crippen LogP contribution < -0.4 is 4.90 Å². The second kappa shape index (κ2) is 6.65. The zero-order valence-electron chi connectivity index (χ0n) is 14.6. The molecule has 1 fully saturated rings. The molecule has 0 atom stereocenters. The number of anilines is 1. The minimum atomic E-state index is 0.786. The molecule has 3 aromatic rings. The third-order valence-corrected chi connectivity index (χ3v) is 5.14. The molecule has 1 aliphatic rings. The molecule has 0 bridgehead atoms. The summed E-state index contributed by atoms with van der Waals surface area (Å²) >= 11 is 5.99. The van der Waals surface area contributed by atoms with Crippen LogP contribution in [0.4, 0.5) is 5.69 Å². The van der Waals surface area contributed by atoms with E-state index in [-0.39, 0.29) is 0 Å². The molecule has 1 saturated heterocycles. The fraction of sp³-hybridized carbons (Fsp3) is 0.368. The highest BCUT2D eigenvalue weighted by molar-refractivity contribution is 6.30. The summed E-state index contributed by atoms with van der Waals surface area (Å²) in [7, 11) is 0. The Hall–Kier alpha value is -2.11. The third kappa shape index (κ3) is 3.34. The first-order valence-electron chi connectivity index (χ1n) is 8.63. The molecular weight excluding hydrogens is 334 g/mol. The van der Waals surface area contributed by atoms with E-state index in [2.05, 4.69) is 43.2 Å². The number of aromatic nitrogens is 3. The fourth-order valence-corrected chi connectivity index (χ4v) is 3.55. The lowest BCUT2D eigenvalue weighted by atomic mass is 10.2. The summed E-state index contributed by atoms with van der Waals surface area (Å²) in [6, 6.07) is 10.1. The molecule has 25 heavy (non-hydrogen) atoms. The lowest BCUT2D eigenvalue weighted by Crippen LogP contribution is -2.46. The van der Waals surface area contributed by atoms with Crippen LogP contribution >= 0.6 is 11.6 Å². The Labute approximate surface area is 152 Å². The second-order valence-corrected chi connectivity index (χ2v) is 7.08. The first kappa shape index (κ1) is 16.4. The number of rotatable bonds is 3. The highest BCUT2D eigenvalue weighted by Crippen LogP contribution is 2.21. The van der Waals surface area contributed by atoms with Crippen molar-refractivity contribution in [1.29, 1.82) is 0 Å². The molecule has 3 heterocycles. The Bertz CT molecular complexity index is 879. The number of nitrogens with zero attached hydrogens (tertiary/aromatic N) is 5. The number of hydrogen-bond donors (Lipinski definition) is 0. The van der Waals surface area contributed by atoms with E-state index in [0.29, 0.717) is 0 Å². The maximum atomic E-state index is 5.99. The molecule has 0 aliphatic carbocycles. The minimum absolute atomic E-state index is 0.786. The molecule has 1 aliphatic heterocycles. The van der Waals surface area contributed by atoms with Gasteiger partial charge >= 0.3 is 0 Å². The van der Waals surface area contributed by atoms with E-state index in [4.69, 9.17) is 11.6 Å². The molecule has 0 N–H and O–H groups in total. The fourth-order valence-electron chi connectivity index (χ4n) is 3.42. The van der Waals surface area contributed by atoms with Crippen LogP contribution in [0.25, 0.3) is 5.65 Å². The summed E-state index contributed by atoms with van der Waals surface area (Å²) in [6.07, 6.45) is 1.89. The van der Waals surface area contributed by atoms with Crippen molar-refractivity contribution in [2.45, 2.75) is 20.4 Å². The number of fused-ring (bicyclic) bond motifs is 1. The molecular formula is C19H22ClN5. The van der Waals surface area contributed by atoms with Gasteiger partial charge < -0.3 is 4.90 Å². The first-order chi connectivity index (χ1) is 12.1. The summed E-state index contributed by atoms with van der Waals surface area (Å²) in [6.45, 7) is 9.11. The van der Waals surface area contributed by atoms with Crippen molar-refractivity contribution < 1.29 is 0 Å². The van der Waals surface area contributed by atoms with Gasteiger partial charge in [-0.1, -0.05) is 11.6 Å². The number of halogens is 1. The van der Waals surface area contributed by atoms with Crippen LogP contribution in [0.2, 0.25) is 5.02 Å². The highest BCUT2D eigenvalue weighted by atomic mass is 35.5. The maximum absolute atomic E-state index is 5.99. The van der Waals surface area contributed by atoms with E-state index in [0.717, 1.165) is 54.8 Å². The topological polar surface area (TPSA) is 36.7 Å². The van der Waals surface area contributed by atoms with Crippen LogP contribution in [0.1, 0.15) is 17.1 Å². The quantitative estimate of drug-likeness (QED) is 0.722. The molecule has 0 spiro atoms. The van der Waals surface area contributed by atoms with Gasteiger partial charge in [0.1, 0.15) is 12.0 Å². The van der Waals surface area contributed by atoms with E-state index < -0.39 is 0 Å². The highest BCUT2D eigenvalue weighted by Gasteiger charge is 2.20. The molecule has 4 rings (SSSR count). The third-order valence-electron chi connectivity index (χ3n) is 4.89. The Balaban J connectivity index is 1.45. The van der Waals surface area contributed by atoms with E-state index in [9.17, 15) is 0 Å². The van der Waals surface area contributed by atoms with Gasteiger partial charge in [-0.15, -0.1) is 0 Å². The predicted octanol–water partition coefficient (Wildman–Crippen LogP) is 3.32. The van der Waals surface area contributed by atoms with Crippen molar-refractivity contribution in [3.8, 4) is 0 Å². The van der Waals surface area contributed by atoms with Crippen molar-refractivity contribution in [3.05, 3.63) is 58.8 Å². The molecule has 6 heteroatoms. The van der Waals surface area contributed by atoms with Crippen LogP contribution in [0.15, 0.2) is 36.7 Å². The minimum Gasteiger partial charge on any atom is -0.369 e. The summed E-state index contributed by atoms with van der Waals surface area (Å²) in [5, 5.41) is 0.786. The average Bonchev–Trinajstić information content (AvgIpc) is 2.91. The molecule has 0 unspecified atom stereocenters. The average molecular weight is 356 g/mol. The van der Waals surface area contributed by atoms with Crippen LogP contribution in [0, 0.1) is 13.8 Å². The van der Waals surface area contributed by atoms with Crippen LogP contribution in [-0.2, 0) is 6.54 Å². The number of piperazine rings is 1. The molecule has 0 radical (unpaired) electrons. The van der Waals surface area contributed by atoms with Crippen molar-refractivity contribution >= 4 is 22.9 Å². The van der Waals surface area contributed by atoms with Crippen LogP contribution in [0.5, 0.6) is 0 Å². The first-order valence-corrected chi connectivity index (χ1v) is 9.01. The molecule has 0 amide bonds. The van der Waals surface area contributed by atoms with Crippen molar-refractivity contribution in [3.63, 3.8) is 0 Å². The Morgan fingerprint density at radius 1 is 1.04 bits per heavy atom. The van der Waals surface area contributed by atoms with Crippen molar-refractivity contribution in [2.75, 3.05) is 31.1 Å². The number of aryl methyl sites for hydroxylation is 2. The second-order valence-electron chi connectivity index (χ2n) is 6.64. The zero-order valence-corrected chi connectivity index (χ0v) is 15.4. The van der Waals surface area contributed by atoms with Gasteiger partial charge in [-0.3, -0.25) is 9.30 Å². The van der Waals surface area contributed by atoms with Gasteiger partial charge in [0, 0.05) is 55.2 Å². The lowest BCUT2D eigenvalue weighted by Gasteiger charge is -2.36. The molecule has 2 aromatic heterocycles. The predicted molar refractivity (Wildman–Crippen MR) is 101 cm³/mol. The maximum Gasteiger partial charge on any atom is 0.140 e. The molecule has 1 aromatic carbocycles. The Kier molecular flexibility index (Phi) is 4.36. The Morgan fingerprint density at radius 2 is 1.76 bits per heavy atom. The lowest BCUT2D eigenvalue weighted by molar-refractivity contribution is 0.246. The van der Waals surface area contributed by atoms with E-state index >= 15 is 0 Å². The molecule has 0 saturated carbocycles. The van der Waals surface area contributed by atoms with Gasteiger partial charge in [0.05, 0.1) is 11.4 Å². The molecule has 130 valence electrons. The standard InChI is InChI=1S/C19H22ClN5/c1-14-11-19-22-15(2)18(25(19)13-21-14)12-23-7-9-24(10-8-23)17-5-3-16(20)4-6-17/h3-6,11,13H,7-10,12H2,1-2H3. The van der Waals surface area contributed by atoms with Gasteiger partial charge in [0.15, 0.2) is 0 Å². The number of benzene rings is 1. The SMILES string of the molecule is Cc1cc2nc(C)c(CN3CCN(c4ccc(Cl)cc4)CC3)n2cn1. The summed E-state index contributed by atoms with van der Waals surface area (Å²) in [5.41, 5.74) is 5.56. The number of hydrogen-bond acceptors (Lipinski definition) is 4. The van der Waals surface area contributed by atoms with Crippen molar-refractivity contribution in [1.82, 2.24) is 19.3 Å². The zero-order chi connectivity index (χ0) is 17.4. The van der Waals surface area contributed by atoms with Gasteiger partial charge in [-0.2, -0.15) is 0 Å². The van der Waals surface area contributed by atoms with Gasteiger partial charge in [0.25, 0.3) is 0 Å². The van der Waals surface area contributed by atoms with E-state index in [1.807, 2.05) is 31.5 Å². The smallest absolute Gasteiger partial charge is 0.140 e. The van der Waals surface area contributed by atoms with Gasteiger partial charge in [-0.05, 0) is 38.1 Å². The monoisotopic (exact) mass is 355 g/mol. The largest absolute Gasteiger partial charge is 0.369 e. The number of imidazole rings is 1. The van der Waals surface area contributed by atoms with Crippen molar-refractivity contribution in [2.24, 2.45) is 0 Å². The summed E-state index contributed by atoms with van der Waals surface area (Å²) < 4.78 is 2.12. The van der Waals surface area contributed by atoms with E-state index in [1.165, 1.54) is 11.4 Å².